The Hall–Kier alpha value is -2.14. The molecule has 0 unspecified atom stereocenters. The Morgan fingerprint density at radius 2 is 2.05 bits per heavy atom. The lowest BCUT2D eigenvalue weighted by atomic mass is 10.2. The van der Waals surface area contributed by atoms with Gasteiger partial charge in [0, 0.05) is 5.56 Å². The molecule has 0 fully saturated rings. The Morgan fingerprint density at radius 1 is 1.29 bits per heavy atom. The number of benzene rings is 1. The zero-order valence-electron chi connectivity index (χ0n) is 12.4. The van der Waals surface area contributed by atoms with Crippen LogP contribution < -0.4 is 0 Å². The lowest BCUT2D eigenvalue weighted by Crippen LogP contribution is -2.30. The van der Waals surface area contributed by atoms with E-state index < -0.39 is 0 Å². The summed E-state index contributed by atoms with van der Waals surface area (Å²) >= 11 is 0. The van der Waals surface area contributed by atoms with Gasteiger partial charge < -0.3 is 9.15 Å². The highest BCUT2D eigenvalue weighted by Gasteiger charge is 2.14. The van der Waals surface area contributed by atoms with Gasteiger partial charge in [-0.15, -0.1) is 0 Å². The first-order valence-corrected chi connectivity index (χ1v) is 7.11. The van der Waals surface area contributed by atoms with Crippen molar-refractivity contribution >= 4 is 5.97 Å². The minimum atomic E-state index is -0.228. The average molecular weight is 288 g/mol. The van der Waals surface area contributed by atoms with E-state index in [2.05, 4.69) is 4.98 Å². The molecule has 0 radical (unpaired) electrons. The van der Waals surface area contributed by atoms with Crippen molar-refractivity contribution in [1.29, 1.82) is 0 Å². The number of ether oxygens (including phenoxy) is 1. The van der Waals surface area contributed by atoms with Gasteiger partial charge in [-0.2, -0.15) is 0 Å². The SMILES string of the molecule is CCOC(=O)CN(CC)Cc1ncc(-c2ccccc2)o1. The molecule has 0 amide bonds. The lowest BCUT2D eigenvalue weighted by Gasteiger charge is -2.16. The molecule has 0 N–H and O–H groups in total. The van der Waals surface area contributed by atoms with Gasteiger partial charge in [0.1, 0.15) is 0 Å². The van der Waals surface area contributed by atoms with Gasteiger partial charge in [0.25, 0.3) is 0 Å². The van der Waals surface area contributed by atoms with E-state index in [0.29, 0.717) is 19.0 Å². The van der Waals surface area contributed by atoms with E-state index >= 15 is 0 Å². The van der Waals surface area contributed by atoms with Crippen molar-refractivity contribution in [2.24, 2.45) is 0 Å². The summed E-state index contributed by atoms with van der Waals surface area (Å²) in [5, 5.41) is 0. The van der Waals surface area contributed by atoms with Crippen molar-refractivity contribution in [2.45, 2.75) is 20.4 Å². The van der Waals surface area contributed by atoms with Crippen LogP contribution in [0.5, 0.6) is 0 Å². The fraction of sp³-hybridized carbons (Fsp3) is 0.375. The molecule has 0 bridgehead atoms. The second-order valence-electron chi connectivity index (χ2n) is 4.59. The molecule has 1 heterocycles. The van der Waals surface area contributed by atoms with E-state index in [1.165, 1.54) is 0 Å². The first-order valence-electron chi connectivity index (χ1n) is 7.11. The average Bonchev–Trinajstić information content (AvgIpc) is 2.96. The monoisotopic (exact) mass is 288 g/mol. The predicted molar refractivity (Wildman–Crippen MR) is 79.5 cm³/mol. The summed E-state index contributed by atoms with van der Waals surface area (Å²) in [7, 11) is 0. The van der Waals surface area contributed by atoms with Gasteiger partial charge in [0.15, 0.2) is 5.76 Å². The number of esters is 1. The third-order valence-corrected chi connectivity index (χ3v) is 3.08. The van der Waals surface area contributed by atoms with E-state index in [0.717, 1.165) is 17.9 Å². The lowest BCUT2D eigenvalue weighted by molar-refractivity contribution is -0.144. The maximum Gasteiger partial charge on any atom is 0.320 e. The van der Waals surface area contributed by atoms with Crippen LogP contribution in [0, 0.1) is 0 Å². The quantitative estimate of drug-likeness (QED) is 0.733. The molecule has 5 heteroatoms. The summed E-state index contributed by atoms with van der Waals surface area (Å²) < 4.78 is 10.7. The van der Waals surface area contributed by atoms with Crippen LogP contribution in [0.25, 0.3) is 11.3 Å². The molecule has 21 heavy (non-hydrogen) atoms. The van der Waals surface area contributed by atoms with E-state index in [9.17, 15) is 4.79 Å². The third kappa shape index (κ3) is 4.43. The molecule has 1 aromatic heterocycles. The minimum absolute atomic E-state index is 0.228. The zero-order valence-corrected chi connectivity index (χ0v) is 12.4. The second-order valence-corrected chi connectivity index (χ2v) is 4.59. The van der Waals surface area contributed by atoms with Crippen molar-refractivity contribution in [3.05, 3.63) is 42.4 Å². The highest BCUT2D eigenvalue weighted by atomic mass is 16.5. The fourth-order valence-electron chi connectivity index (χ4n) is 1.98. The molecule has 2 aromatic rings. The molecule has 2 rings (SSSR count). The molecule has 0 saturated carbocycles. The number of hydrogen-bond acceptors (Lipinski definition) is 5. The van der Waals surface area contributed by atoms with Gasteiger partial charge in [0.05, 0.1) is 25.9 Å². The smallest absolute Gasteiger partial charge is 0.320 e. The molecule has 1 aromatic carbocycles. The molecule has 112 valence electrons. The summed E-state index contributed by atoms with van der Waals surface area (Å²) in [6.07, 6.45) is 1.71. The number of oxazole rings is 1. The topological polar surface area (TPSA) is 55.6 Å². The Balaban J connectivity index is 1.99. The van der Waals surface area contributed by atoms with Crippen molar-refractivity contribution < 1.29 is 13.9 Å². The highest BCUT2D eigenvalue weighted by Crippen LogP contribution is 2.20. The van der Waals surface area contributed by atoms with E-state index in [-0.39, 0.29) is 12.5 Å². The summed E-state index contributed by atoms with van der Waals surface area (Å²) in [6, 6.07) is 9.81. The van der Waals surface area contributed by atoms with Crippen LogP contribution in [0.15, 0.2) is 40.9 Å². The van der Waals surface area contributed by atoms with Crippen molar-refractivity contribution in [2.75, 3.05) is 19.7 Å². The van der Waals surface area contributed by atoms with Gasteiger partial charge in [-0.05, 0) is 13.5 Å². The highest BCUT2D eigenvalue weighted by molar-refractivity contribution is 5.71. The summed E-state index contributed by atoms with van der Waals surface area (Å²) in [5.41, 5.74) is 0.990. The number of likely N-dealkylation sites (N-methyl/N-ethyl adjacent to an activating group) is 1. The second kappa shape index (κ2) is 7.59. The molecule has 0 aliphatic heterocycles. The van der Waals surface area contributed by atoms with Gasteiger partial charge >= 0.3 is 5.97 Å². The molecule has 0 saturated heterocycles. The maximum absolute atomic E-state index is 11.5. The number of hydrogen-bond donors (Lipinski definition) is 0. The van der Waals surface area contributed by atoms with Crippen LogP contribution in [0.1, 0.15) is 19.7 Å². The predicted octanol–water partition coefficient (Wildman–Crippen LogP) is 2.73. The Bertz CT molecular complexity index is 566. The van der Waals surface area contributed by atoms with Crippen molar-refractivity contribution in [3.8, 4) is 11.3 Å². The van der Waals surface area contributed by atoms with Gasteiger partial charge in [0.2, 0.25) is 5.89 Å². The molecular formula is C16H20N2O3. The van der Waals surface area contributed by atoms with Crippen LogP contribution >= 0.6 is 0 Å². The van der Waals surface area contributed by atoms with Crippen LogP contribution in [0.2, 0.25) is 0 Å². The van der Waals surface area contributed by atoms with Crippen LogP contribution in [-0.4, -0.2) is 35.5 Å². The molecule has 0 spiro atoms. The zero-order chi connectivity index (χ0) is 15.1. The van der Waals surface area contributed by atoms with Crippen LogP contribution in [-0.2, 0) is 16.1 Å². The maximum atomic E-state index is 11.5. The number of carbonyl (C=O) groups is 1. The Kier molecular flexibility index (Phi) is 5.51. The molecule has 0 aliphatic carbocycles. The number of carbonyl (C=O) groups excluding carboxylic acids is 1. The van der Waals surface area contributed by atoms with Gasteiger partial charge in [-0.3, -0.25) is 9.69 Å². The first-order chi connectivity index (χ1) is 10.2. The van der Waals surface area contributed by atoms with E-state index in [4.69, 9.17) is 9.15 Å². The Morgan fingerprint density at radius 3 is 2.71 bits per heavy atom. The largest absolute Gasteiger partial charge is 0.465 e. The summed E-state index contributed by atoms with van der Waals surface area (Å²) in [6.45, 7) is 5.64. The first kappa shape index (κ1) is 15.3. The minimum Gasteiger partial charge on any atom is -0.465 e. The number of aromatic nitrogens is 1. The molecule has 0 aliphatic rings. The normalized spacial score (nSPS) is 10.8. The number of rotatable bonds is 7. The summed E-state index contributed by atoms with van der Waals surface area (Å²) in [4.78, 5) is 17.7. The van der Waals surface area contributed by atoms with E-state index in [1.54, 1.807) is 13.1 Å². The van der Waals surface area contributed by atoms with Crippen LogP contribution in [0.3, 0.4) is 0 Å². The molecular weight excluding hydrogens is 268 g/mol. The Labute approximate surface area is 124 Å². The third-order valence-electron chi connectivity index (χ3n) is 3.08. The van der Waals surface area contributed by atoms with Gasteiger partial charge in [-0.25, -0.2) is 4.98 Å². The van der Waals surface area contributed by atoms with Crippen LogP contribution in [0.4, 0.5) is 0 Å². The molecule has 5 nitrogen and oxygen atoms in total. The van der Waals surface area contributed by atoms with Crippen molar-refractivity contribution in [3.63, 3.8) is 0 Å². The standard InChI is InChI=1S/C16H20N2O3/c1-3-18(12-16(19)20-4-2)11-15-17-10-14(21-15)13-8-6-5-7-9-13/h5-10H,3-4,11-12H2,1-2H3. The molecule has 0 atom stereocenters. The number of nitrogens with zero attached hydrogens (tertiary/aromatic N) is 2. The fourth-order valence-corrected chi connectivity index (χ4v) is 1.98. The van der Waals surface area contributed by atoms with E-state index in [1.807, 2.05) is 42.2 Å². The summed E-state index contributed by atoms with van der Waals surface area (Å²) in [5.74, 6) is 1.10. The van der Waals surface area contributed by atoms with Crippen molar-refractivity contribution in [1.82, 2.24) is 9.88 Å². The van der Waals surface area contributed by atoms with Gasteiger partial charge in [-0.1, -0.05) is 37.3 Å².